The molecule has 2 aliphatic heterocycles. The van der Waals surface area contributed by atoms with E-state index in [0.717, 1.165) is 22.0 Å². The molecule has 1 N–H and O–H groups in total. The number of nitrogens with zero attached hydrogens (tertiary/aromatic N) is 3. The van der Waals surface area contributed by atoms with Crippen molar-refractivity contribution < 1.29 is 9.90 Å². The van der Waals surface area contributed by atoms with Crippen LogP contribution in [0.4, 0.5) is 5.69 Å². The van der Waals surface area contributed by atoms with Crippen molar-refractivity contribution in [3.05, 3.63) is 114 Å². The molecule has 0 unspecified atom stereocenters. The minimum atomic E-state index is -1.60. The SMILES string of the molecule is N#CC1(C#N)[C@H](c2ccccc2O)[C@H](C(=O)c2ccccc2)N2c3ccc4ccccc4c3C=C[C@H]21. The first-order valence-electron chi connectivity index (χ1n) is 11.8. The van der Waals surface area contributed by atoms with Gasteiger partial charge in [-0.2, -0.15) is 10.5 Å². The smallest absolute Gasteiger partial charge is 0.185 e. The van der Waals surface area contributed by atoms with Crippen molar-refractivity contribution in [3.8, 4) is 17.9 Å². The zero-order valence-electron chi connectivity index (χ0n) is 19.2. The van der Waals surface area contributed by atoms with Gasteiger partial charge < -0.3 is 10.0 Å². The molecule has 0 aliphatic carbocycles. The minimum absolute atomic E-state index is 0.0363. The topological polar surface area (TPSA) is 88.1 Å². The number of Topliss-reactive ketones (excluding diaryl/α,β-unsaturated/α-hetero) is 1. The number of hydrogen-bond donors (Lipinski definition) is 1. The van der Waals surface area contributed by atoms with Crippen LogP contribution >= 0.6 is 0 Å². The highest BCUT2D eigenvalue weighted by Crippen LogP contribution is 2.57. The highest BCUT2D eigenvalue weighted by molar-refractivity contribution is 6.06. The van der Waals surface area contributed by atoms with Crippen LogP contribution in [-0.2, 0) is 0 Å². The lowest BCUT2D eigenvalue weighted by atomic mass is 9.69. The molecule has 0 spiro atoms. The lowest BCUT2D eigenvalue weighted by Crippen LogP contribution is -2.44. The van der Waals surface area contributed by atoms with E-state index in [2.05, 4.69) is 12.1 Å². The lowest BCUT2D eigenvalue weighted by molar-refractivity contribution is 0.0950. The van der Waals surface area contributed by atoms with Gasteiger partial charge in [0.25, 0.3) is 0 Å². The van der Waals surface area contributed by atoms with Gasteiger partial charge in [-0.1, -0.05) is 91.0 Å². The van der Waals surface area contributed by atoms with Gasteiger partial charge in [0.05, 0.1) is 18.2 Å². The summed E-state index contributed by atoms with van der Waals surface area (Å²) in [5.41, 5.74) is 1.04. The standard InChI is InChI=1S/C31H21N3O2/c32-18-31(19-33)27-17-15-23-22-11-5-4-8-20(22)14-16-25(23)34(27)29(30(36)21-9-2-1-3-10-21)28(31)24-12-6-7-13-26(24)35/h1-17,27-29,35H/t27-,28+,29+/m0/s1. The maximum absolute atomic E-state index is 14.2. The molecule has 5 nitrogen and oxygen atoms in total. The lowest BCUT2D eigenvalue weighted by Gasteiger charge is -2.36. The number of hydrogen-bond acceptors (Lipinski definition) is 5. The van der Waals surface area contributed by atoms with Gasteiger partial charge >= 0.3 is 0 Å². The molecule has 4 aromatic rings. The third-order valence-electron chi connectivity index (χ3n) is 7.51. The maximum atomic E-state index is 14.2. The molecular formula is C31H21N3O2. The van der Waals surface area contributed by atoms with Crippen LogP contribution in [-0.4, -0.2) is 23.0 Å². The molecule has 3 atom stereocenters. The van der Waals surface area contributed by atoms with E-state index in [1.807, 2.05) is 59.5 Å². The van der Waals surface area contributed by atoms with Crippen molar-refractivity contribution in [1.29, 1.82) is 10.5 Å². The number of anilines is 1. The number of carbonyl (C=O) groups excluding carboxylic acids is 1. The largest absolute Gasteiger partial charge is 0.508 e. The second-order valence-corrected chi connectivity index (χ2v) is 9.23. The third kappa shape index (κ3) is 2.90. The molecule has 2 heterocycles. The summed E-state index contributed by atoms with van der Waals surface area (Å²) in [4.78, 5) is 16.2. The molecule has 0 saturated carbocycles. The fourth-order valence-corrected chi connectivity index (χ4v) is 5.92. The Bertz CT molecular complexity index is 1610. The van der Waals surface area contributed by atoms with Gasteiger partial charge in [-0.05, 0) is 22.9 Å². The van der Waals surface area contributed by atoms with Crippen molar-refractivity contribution in [2.45, 2.75) is 18.0 Å². The first kappa shape index (κ1) is 21.6. The first-order valence-corrected chi connectivity index (χ1v) is 11.8. The minimum Gasteiger partial charge on any atom is -0.508 e. The molecule has 2 aliphatic rings. The van der Waals surface area contributed by atoms with Gasteiger partial charge in [0.1, 0.15) is 11.8 Å². The van der Waals surface area contributed by atoms with Crippen LogP contribution in [0.5, 0.6) is 5.75 Å². The van der Waals surface area contributed by atoms with Crippen LogP contribution in [0.3, 0.4) is 0 Å². The summed E-state index contributed by atoms with van der Waals surface area (Å²) in [5, 5.41) is 34.0. The van der Waals surface area contributed by atoms with Crippen molar-refractivity contribution in [2.24, 2.45) is 5.41 Å². The maximum Gasteiger partial charge on any atom is 0.185 e. The number of carbonyl (C=O) groups is 1. The summed E-state index contributed by atoms with van der Waals surface area (Å²) in [6.07, 6.45) is 3.83. The highest BCUT2D eigenvalue weighted by atomic mass is 16.3. The van der Waals surface area contributed by atoms with Gasteiger partial charge in [0.2, 0.25) is 0 Å². The van der Waals surface area contributed by atoms with Crippen LogP contribution in [0.15, 0.2) is 97.1 Å². The number of para-hydroxylation sites is 1. The molecular weight excluding hydrogens is 446 g/mol. The summed E-state index contributed by atoms with van der Waals surface area (Å²) < 4.78 is 0. The summed E-state index contributed by atoms with van der Waals surface area (Å²) in [6, 6.07) is 30.6. The fraction of sp³-hybridized carbons (Fsp3) is 0.129. The summed E-state index contributed by atoms with van der Waals surface area (Å²) >= 11 is 0. The number of rotatable bonds is 3. The third-order valence-corrected chi connectivity index (χ3v) is 7.51. The Balaban J connectivity index is 1.67. The summed E-state index contributed by atoms with van der Waals surface area (Å²) in [6.45, 7) is 0. The van der Waals surface area contributed by atoms with Gasteiger partial charge in [-0.25, -0.2) is 0 Å². The van der Waals surface area contributed by atoms with Crippen molar-refractivity contribution in [1.82, 2.24) is 0 Å². The molecule has 0 bridgehead atoms. The Hall–Kier alpha value is -4.87. The Morgan fingerprint density at radius 1 is 0.861 bits per heavy atom. The zero-order valence-corrected chi connectivity index (χ0v) is 19.2. The van der Waals surface area contributed by atoms with Crippen LogP contribution in [0.1, 0.15) is 27.4 Å². The van der Waals surface area contributed by atoms with Gasteiger partial charge in [-0.15, -0.1) is 0 Å². The monoisotopic (exact) mass is 467 g/mol. The molecule has 1 saturated heterocycles. The Labute approximate surface area is 208 Å². The zero-order chi connectivity index (χ0) is 24.9. The predicted molar refractivity (Wildman–Crippen MR) is 138 cm³/mol. The molecule has 4 aromatic carbocycles. The summed E-state index contributed by atoms with van der Waals surface area (Å²) in [7, 11) is 0. The number of ketones is 1. The molecule has 5 heteroatoms. The van der Waals surface area contributed by atoms with Crippen molar-refractivity contribution in [3.63, 3.8) is 0 Å². The predicted octanol–water partition coefficient (Wildman–Crippen LogP) is 5.83. The number of phenols is 1. The van der Waals surface area contributed by atoms with E-state index in [1.165, 1.54) is 6.07 Å². The molecule has 36 heavy (non-hydrogen) atoms. The van der Waals surface area contributed by atoms with E-state index in [1.54, 1.807) is 42.5 Å². The average molecular weight is 468 g/mol. The molecule has 0 amide bonds. The fourth-order valence-electron chi connectivity index (χ4n) is 5.92. The quantitative estimate of drug-likeness (QED) is 0.383. The van der Waals surface area contributed by atoms with Crippen LogP contribution < -0.4 is 4.90 Å². The van der Waals surface area contributed by atoms with Gasteiger partial charge in [-0.3, -0.25) is 4.79 Å². The van der Waals surface area contributed by atoms with Gasteiger partial charge in [0, 0.05) is 28.3 Å². The Morgan fingerprint density at radius 2 is 1.56 bits per heavy atom. The number of nitriles is 2. The van der Waals surface area contributed by atoms with Crippen molar-refractivity contribution in [2.75, 3.05) is 4.90 Å². The molecule has 0 aromatic heterocycles. The number of benzene rings is 4. The summed E-state index contributed by atoms with van der Waals surface area (Å²) in [5.74, 6) is -1.12. The van der Waals surface area contributed by atoms with Crippen molar-refractivity contribution >= 4 is 28.3 Å². The van der Waals surface area contributed by atoms with E-state index < -0.39 is 23.4 Å². The van der Waals surface area contributed by atoms with Crippen LogP contribution in [0, 0.1) is 28.1 Å². The first-order chi connectivity index (χ1) is 17.6. The molecule has 1 fully saturated rings. The number of fused-ring (bicyclic) bond motifs is 5. The Kier molecular flexibility index (Phi) is 4.88. The van der Waals surface area contributed by atoms with E-state index >= 15 is 0 Å². The second kappa shape index (κ2) is 8.12. The van der Waals surface area contributed by atoms with Crippen LogP contribution in [0.2, 0.25) is 0 Å². The number of aromatic hydroxyl groups is 1. The Morgan fingerprint density at radius 3 is 2.31 bits per heavy atom. The van der Waals surface area contributed by atoms with Crippen LogP contribution in [0.25, 0.3) is 16.8 Å². The van der Waals surface area contributed by atoms with E-state index in [4.69, 9.17) is 0 Å². The average Bonchev–Trinajstić information content (AvgIpc) is 3.24. The molecule has 6 rings (SSSR count). The van der Waals surface area contributed by atoms with Gasteiger partial charge in [0.15, 0.2) is 11.2 Å². The molecule has 0 radical (unpaired) electrons. The van der Waals surface area contributed by atoms with E-state index in [0.29, 0.717) is 11.1 Å². The highest BCUT2D eigenvalue weighted by Gasteiger charge is 2.63. The van der Waals surface area contributed by atoms with E-state index in [-0.39, 0.29) is 11.5 Å². The molecule has 172 valence electrons. The number of phenolic OH excluding ortho intramolecular Hbond substituents is 1. The normalized spacial score (nSPS) is 21.3. The second-order valence-electron chi connectivity index (χ2n) is 9.23. The van der Waals surface area contributed by atoms with E-state index in [9.17, 15) is 20.4 Å².